The molecule has 4 aromatic rings. The van der Waals surface area contributed by atoms with Crippen LogP contribution >= 0.6 is 11.8 Å². The monoisotopic (exact) mass is 465 g/mol. The fraction of sp³-hybridized carbons (Fsp3) is 0.107. The summed E-state index contributed by atoms with van der Waals surface area (Å²) >= 11 is 1.61. The van der Waals surface area contributed by atoms with Gasteiger partial charge in [0, 0.05) is 17.7 Å². The van der Waals surface area contributed by atoms with Gasteiger partial charge in [0.15, 0.2) is 0 Å². The van der Waals surface area contributed by atoms with Crippen LogP contribution in [0.5, 0.6) is 0 Å². The van der Waals surface area contributed by atoms with Gasteiger partial charge in [-0.15, -0.1) is 11.8 Å². The predicted molar refractivity (Wildman–Crippen MR) is 138 cm³/mol. The number of nitrogens with zero attached hydrogens (tertiary/aromatic N) is 2. The Labute approximate surface area is 202 Å². The Bertz CT molecular complexity index is 1350. The summed E-state index contributed by atoms with van der Waals surface area (Å²) in [5, 5.41) is 6.30. The predicted octanol–water partition coefficient (Wildman–Crippen LogP) is 5.38. The molecule has 0 radical (unpaired) electrons. The molecule has 2 amide bonds. The summed E-state index contributed by atoms with van der Waals surface area (Å²) in [6.45, 7) is 0.572. The van der Waals surface area contributed by atoms with Crippen molar-refractivity contribution >= 4 is 40.6 Å². The first-order chi connectivity index (χ1) is 16.7. The topological polar surface area (TPSA) is 61.8 Å². The molecular formula is C28H23N3O2S. The van der Waals surface area contributed by atoms with E-state index in [0.29, 0.717) is 17.9 Å². The van der Waals surface area contributed by atoms with Crippen LogP contribution in [0.15, 0.2) is 102 Å². The smallest absolute Gasteiger partial charge is 0.271 e. The first kappa shape index (κ1) is 21.9. The van der Waals surface area contributed by atoms with Crippen LogP contribution in [-0.2, 0) is 11.3 Å². The van der Waals surface area contributed by atoms with Crippen LogP contribution in [0.2, 0.25) is 0 Å². The second-order valence-corrected chi connectivity index (χ2v) is 9.13. The molecule has 0 unspecified atom stereocenters. The number of fused-ring (bicyclic) bond motifs is 1. The molecule has 0 spiro atoms. The molecule has 0 bridgehead atoms. The van der Waals surface area contributed by atoms with Crippen LogP contribution in [-0.4, -0.2) is 28.7 Å². The van der Waals surface area contributed by atoms with Gasteiger partial charge in [0.05, 0.1) is 12.0 Å². The first-order valence-corrected chi connectivity index (χ1v) is 12.1. The van der Waals surface area contributed by atoms with Gasteiger partial charge >= 0.3 is 0 Å². The maximum absolute atomic E-state index is 12.6. The van der Waals surface area contributed by atoms with Gasteiger partial charge in [0.2, 0.25) is 5.91 Å². The fourth-order valence-electron chi connectivity index (χ4n) is 4.07. The molecule has 1 aliphatic rings. The Balaban J connectivity index is 1.26. The Morgan fingerprint density at radius 3 is 2.50 bits per heavy atom. The summed E-state index contributed by atoms with van der Waals surface area (Å²) in [7, 11) is 0. The van der Waals surface area contributed by atoms with E-state index in [0.717, 1.165) is 27.5 Å². The minimum Gasteiger partial charge on any atom is -0.322 e. The summed E-state index contributed by atoms with van der Waals surface area (Å²) in [5.41, 5.74) is 6.17. The molecule has 0 aliphatic carbocycles. The highest BCUT2D eigenvalue weighted by Gasteiger charge is 2.32. The van der Waals surface area contributed by atoms with E-state index in [9.17, 15) is 9.59 Å². The second kappa shape index (κ2) is 9.93. The summed E-state index contributed by atoms with van der Waals surface area (Å²) in [6, 6.07) is 31.4. The Hall–Kier alpha value is -3.90. The number of amides is 2. The van der Waals surface area contributed by atoms with Gasteiger partial charge in [-0.3, -0.25) is 9.59 Å². The van der Waals surface area contributed by atoms with E-state index in [1.165, 1.54) is 0 Å². The molecule has 4 aromatic carbocycles. The third kappa shape index (κ3) is 4.72. The van der Waals surface area contributed by atoms with E-state index >= 15 is 0 Å². The van der Waals surface area contributed by atoms with Crippen molar-refractivity contribution in [1.29, 1.82) is 0 Å². The SMILES string of the molecule is O=C(N/N=C\c1cccc2ccccc12)c1ccc([C@H]2SCC(=O)N2Cc2ccccc2)cc1. The number of hydrogen-bond donors (Lipinski definition) is 1. The van der Waals surface area contributed by atoms with Crippen molar-refractivity contribution in [3.63, 3.8) is 0 Å². The molecule has 1 atom stereocenters. The first-order valence-electron chi connectivity index (χ1n) is 11.1. The molecule has 1 fully saturated rings. The van der Waals surface area contributed by atoms with E-state index in [1.807, 2.05) is 89.8 Å². The lowest BCUT2D eigenvalue weighted by atomic mass is 10.1. The van der Waals surface area contributed by atoms with Gasteiger partial charge in [-0.1, -0.05) is 84.9 Å². The number of rotatable bonds is 6. The summed E-state index contributed by atoms with van der Waals surface area (Å²) < 4.78 is 0. The number of nitrogens with one attached hydrogen (secondary N) is 1. The van der Waals surface area contributed by atoms with Gasteiger partial charge in [0.25, 0.3) is 5.91 Å². The molecule has 1 heterocycles. The van der Waals surface area contributed by atoms with Gasteiger partial charge in [-0.2, -0.15) is 5.10 Å². The van der Waals surface area contributed by atoms with Crippen molar-refractivity contribution in [2.24, 2.45) is 5.10 Å². The van der Waals surface area contributed by atoms with Crippen molar-refractivity contribution in [2.45, 2.75) is 11.9 Å². The van der Waals surface area contributed by atoms with E-state index in [1.54, 1.807) is 30.1 Å². The van der Waals surface area contributed by atoms with E-state index in [2.05, 4.69) is 10.5 Å². The molecule has 1 saturated heterocycles. The highest BCUT2D eigenvalue weighted by Crippen LogP contribution is 2.39. The van der Waals surface area contributed by atoms with Crippen LogP contribution in [0.25, 0.3) is 10.8 Å². The summed E-state index contributed by atoms with van der Waals surface area (Å²) in [4.78, 5) is 27.0. The van der Waals surface area contributed by atoms with Crippen LogP contribution in [0.3, 0.4) is 0 Å². The number of benzene rings is 4. The minimum absolute atomic E-state index is 0.0609. The van der Waals surface area contributed by atoms with Crippen molar-refractivity contribution in [3.8, 4) is 0 Å². The molecule has 168 valence electrons. The molecule has 0 aromatic heterocycles. The standard InChI is InChI=1S/C28H23N3O2S/c32-26-19-34-28(31(26)18-20-7-2-1-3-8-20)23-15-13-22(14-16-23)27(33)30-29-17-24-11-6-10-21-9-4-5-12-25(21)24/h1-17,28H,18-19H2,(H,30,33)/b29-17-/t28-/m1/s1. The van der Waals surface area contributed by atoms with Crippen molar-refractivity contribution in [1.82, 2.24) is 10.3 Å². The Morgan fingerprint density at radius 2 is 1.68 bits per heavy atom. The van der Waals surface area contributed by atoms with Gasteiger partial charge < -0.3 is 4.90 Å². The van der Waals surface area contributed by atoms with Crippen LogP contribution in [0, 0.1) is 0 Å². The molecule has 34 heavy (non-hydrogen) atoms. The molecule has 0 saturated carbocycles. The molecular weight excluding hydrogens is 442 g/mol. The van der Waals surface area contributed by atoms with Crippen molar-refractivity contribution in [2.75, 3.05) is 5.75 Å². The van der Waals surface area contributed by atoms with E-state index in [4.69, 9.17) is 0 Å². The van der Waals surface area contributed by atoms with Crippen LogP contribution in [0.4, 0.5) is 0 Å². The lowest BCUT2D eigenvalue weighted by Crippen LogP contribution is -2.27. The average molecular weight is 466 g/mol. The lowest BCUT2D eigenvalue weighted by Gasteiger charge is -2.24. The van der Waals surface area contributed by atoms with Gasteiger partial charge in [-0.05, 0) is 34.0 Å². The third-order valence-electron chi connectivity index (χ3n) is 5.81. The maximum atomic E-state index is 12.6. The van der Waals surface area contributed by atoms with E-state index < -0.39 is 0 Å². The normalized spacial score (nSPS) is 15.8. The highest BCUT2D eigenvalue weighted by molar-refractivity contribution is 8.00. The molecule has 6 heteroatoms. The van der Waals surface area contributed by atoms with Crippen LogP contribution in [0.1, 0.15) is 32.4 Å². The maximum Gasteiger partial charge on any atom is 0.271 e. The zero-order valence-electron chi connectivity index (χ0n) is 18.4. The number of hydrogen-bond acceptors (Lipinski definition) is 4. The zero-order chi connectivity index (χ0) is 23.3. The van der Waals surface area contributed by atoms with Gasteiger partial charge in [0.1, 0.15) is 5.37 Å². The Morgan fingerprint density at radius 1 is 0.941 bits per heavy atom. The fourth-order valence-corrected chi connectivity index (χ4v) is 5.26. The number of carbonyl (C=O) groups excluding carboxylic acids is 2. The molecule has 5 rings (SSSR count). The quantitative estimate of drug-likeness (QED) is 0.307. The van der Waals surface area contributed by atoms with Gasteiger partial charge in [-0.25, -0.2) is 5.43 Å². The second-order valence-electron chi connectivity index (χ2n) is 8.06. The zero-order valence-corrected chi connectivity index (χ0v) is 19.2. The summed E-state index contributed by atoms with van der Waals surface area (Å²) in [5.74, 6) is 0.311. The van der Waals surface area contributed by atoms with Crippen LogP contribution < -0.4 is 5.43 Å². The highest BCUT2D eigenvalue weighted by atomic mass is 32.2. The largest absolute Gasteiger partial charge is 0.322 e. The average Bonchev–Trinajstić information content (AvgIpc) is 3.24. The number of carbonyl (C=O) groups is 2. The minimum atomic E-state index is -0.278. The van der Waals surface area contributed by atoms with Crippen molar-refractivity contribution < 1.29 is 9.59 Å². The number of hydrazone groups is 1. The third-order valence-corrected chi connectivity index (χ3v) is 7.07. The lowest BCUT2D eigenvalue weighted by molar-refractivity contribution is -0.128. The summed E-state index contributed by atoms with van der Waals surface area (Å²) in [6.07, 6.45) is 1.66. The number of thioether (sulfide) groups is 1. The molecule has 1 N–H and O–H groups in total. The molecule has 1 aliphatic heterocycles. The van der Waals surface area contributed by atoms with E-state index in [-0.39, 0.29) is 17.2 Å². The molecule has 5 nitrogen and oxygen atoms in total. The Kier molecular flexibility index (Phi) is 6.40. The van der Waals surface area contributed by atoms with Crippen molar-refractivity contribution in [3.05, 3.63) is 119 Å².